The van der Waals surface area contributed by atoms with Crippen molar-refractivity contribution in [3.8, 4) is 11.3 Å². The summed E-state index contributed by atoms with van der Waals surface area (Å²) in [4.78, 5) is 43.3. The van der Waals surface area contributed by atoms with Crippen molar-refractivity contribution >= 4 is 51.8 Å². The Kier molecular flexibility index (Phi) is 7.79. The highest BCUT2D eigenvalue weighted by Crippen LogP contribution is 2.27. The average Bonchev–Trinajstić information content (AvgIpc) is 3.70. The van der Waals surface area contributed by atoms with Gasteiger partial charge < -0.3 is 15.0 Å². The molecule has 4 aromatic heterocycles. The summed E-state index contributed by atoms with van der Waals surface area (Å²) in [6.07, 6.45) is 0.942. The number of rotatable bonds is 9. The Bertz CT molecular complexity index is 1710. The molecular formula is C26H19ClFN5O4S2. The van der Waals surface area contributed by atoms with Crippen molar-refractivity contribution in [3.63, 3.8) is 0 Å². The first-order valence-corrected chi connectivity index (χ1v) is 13.6. The molecule has 0 aliphatic carbocycles. The van der Waals surface area contributed by atoms with Gasteiger partial charge in [0.1, 0.15) is 17.3 Å². The minimum Gasteiger partial charge on any atom is -0.392 e. The summed E-state index contributed by atoms with van der Waals surface area (Å²) < 4.78 is 17.9. The number of carbonyl (C=O) groups excluding carboxylic acids is 2. The quantitative estimate of drug-likeness (QED) is 0.241. The van der Waals surface area contributed by atoms with Crippen LogP contribution in [0.5, 0.6) is 0 Å². The normalized spacial score (nSPS) is 11.1. The van der Waals surface area contributed by atoms with Gasteiger partial charge in [-0.25, -0.2) is 9.37 Å². The molecule has 39 heavy (non-hydrogen) atoms. The van der Waals surface area contributed by atoms with Gasteiger partial charge in [0.25, 0.3) is 11.5 Å². The predicted octanol–water partition coefficient (Wildman–Crippen LogP) is 4.70. The zero-order valence-corrected chi connectivity index (χ0v) is 22.4. The van der Waals surface area contributed by atoms with Gasteiger partial charge in [0, 0.05) is 39.7 Å². The first-order valence-electron chi connectivity index (χ1n) is 11.5. The standard InChI is InChI=1S/C26H19ClFN5O4S2/c27-23-6-5-17(39-23)9-29-24-8-20(31-33(24)26(37)16-3-1-15(12-34)2-4-16)18-7-25(36)32(10-19(18)28)11-22(35)21-13-38-14-30-21/h1-8,10,13-14,29,34H,9,11-12H2. The molecule has 0 bridgehead atoms. The Morgan fingerprint density at radius 1 is 1.13 bits per heavy atom. The van der Waals surface area contributed by atoms with Crippen LogP contribution in [0.15, 0.2) is 70.4 Å². The number of aromatic nitrogens is 4. The Morgan fingerprint density at radius 3 is 2.59 bits per heavy atom. The molecule has 0 saturated heterocycles. The van der Waals surface area contributed by atoms with Crippen LogP contribution in [0.2, 0.25) is 4.34 Å². The number of nitrogens with zero attached hydrogens (tertiary/aromatic N) is 4. The number of halogens is 2. The van der Waals surface area contributed by atoms with Gasteiger partial charge in [-0.2, -0.15) is 9.78 Å². The number of aliphatic hydroxyl groups excluding tert-OH is 1. The third-order valence-electron chi connectivity index (χ3n) is 5.74. The number of hydrogen-bond acceptors (Lipinski definition) is 9. The zero-order chi connectivity index (χ0) is 27.5. The van der Waals surface area contributed by atoms with Gasteiger partial charge in [0.05, 0.1) is 35.2 Å². The van der Waals surface area contributed by atoms with E-state index in [1.807, 2.05) is 6.07 Å². The Balaban J connectivity index is 1.48. The van der Waals surface area contributed by atoms with E-state index in [1.54, 1.807) is 35.7 Å². The fraction of sp³-hybridized carbons (Fsp3) is 0.115. The topological polar surface area (TPSA) is 119 Å². The smallest absolute Gasteiger partial charge is 0.280 e. The Morgan fingerprint density at radius 2 is 1.92 bits per heavy atom. The van der Waals surface area contributed by atoms with E-state index in [2.05, 4.69) is 15.4 Å². The first kappa shape index (κ1) is 26.6. The van der Waals surface area contributed by atoms with Crippen LogP contribution < -0.4 is 10.9 Å². The van der Waals surface area contributed by atoms with E-state index in [9.17, 15) is 19.5 Å². The van der Waals surface area contributed by atoms with E-state index in [1.165, 1.54) is 34.3 Å². The number of ketones is 1. The number of anilines is 1. The molecule has 198 valence electrons. The molecule has 0 atom stereocenters. The lowest BCUT2D eigenvalue weighted by atomic mass is 10.1. The number of Topliss-reactive ketones (excluding diaryl/α,β-unsaturated/α-hetero) is 1. The van der Waals surface area contributed by atoms with Gasteiger partial charge in [0.2, 0.25) is 5.78 Å². The van der Waals surface area contributed by atoms with Crippen LogP contribution in [-0.2, 0) is 19.7 Å². The van der Waals surface area contributed by atoms with E-state index in [0.717, 1.165) is 26.4 Å². The highest BCUT2D eigenvalue weighted by atomic mass is 35.5. The summed E-state index contributed by atoms with van der Waals surface area (Å²) in [5.74, 6) is -1.44. The monoisotopic (exact) mass is 583 g/mol. The maximum atomic E-state index is 15.2. The molecule has 0 fully saturated rings. The molecule has 0 spiro atoms. The largest absolute Gasteiger partial charge is 0.392 e. The summed E-state index contributed by atoms with van der Waals surface area (Å²) in [7, 11) is 0. The van der Waals surface area contributed by atoms with Crippen LogP contribution in [0, 0.1) is 5.82 Å². The minimum atomic E-state index is -0.790. The van der Waals surface area contributed by atoms with Crippen molar-refractivity contribution in [1.29, 1.82) is 0 Å². The summed E-state index contributed by atoms with van der Waals surface area (Å²) in [5.41, 5.74) is 1.94. The van der Waals surface area contributed by atoms with Gasteiger partial charge >= 0.3 is 0 Å². The molecule has 0 amide bonds. The number of carbonyl (C=O) groups is 2. The van der Waals surface area contributed by atoms with Crippen molar-refractivity contribution < 1.29 is 19.1 Å². The summed E-state index contributed by atoms with van der Waals surface area (Å²) in [5, 5.41) is 18.3. The van der Waals surface area contributed by atoms with Crippen LogP contribution >= 0.6 is 34.3 Å². The highest BCUT2D eigenvalue weighted by Gasteiger charge is 2.21. The van der Waals surface area contributed by atoms with Crippen LogP contribution in [-0.4, -0.2) is 36.1 Å². The fourth-order valence-electron chi connectivity index (χ4n) is 3.74. The molecule has 13 heteroatoms. The Hall–Kier alpha value is -3.97. The predicted molar refractivity (Wildman–Crippen MR) is 147 cm³/mol. The summed E-state index contributed by atoms with van der Waals surface area (Å²) >= 11 is 8.63. The number of thiazole rings is 1. The lowest BCUT2D eigenvalue weighted by Crippen LogP contribution is -2.24. The van der Waals surface area contributed by atoms with Crippen molar-refractivity contribution in [2.24, 2.45) is 0 Å². The number of hydrogen-bond donors (Lipinski definition) is 2. The number of aliphatic hydroxyl groups is 1. The maximum absolute atomic E-state index is 15.2. The van der Waals surface area contributed by atoms with Crippen LogP contribution in [0.25, 0.3) is 11.3 Å². The molecule has 2 N–H and O–H groups in total. The molecule has 9 nitrogen and oxygen atoms in total. The lowest BCUT2D eigenvalue weighted by molar-refractivity contribution is 0.0944. The highest BCUT2D eigenvalue weighted by molar-refractivity contribution is 7.16. The fourth-order valence-corrected chi connectivity index (χ4v) is 5.33. The maximum Gasteiger partial charge on any atom is 0.280 e. The third kappa shape index (κ3) is 5.88. The molecule has 1 aromatic carbocycles. The van der Waals surface area contributed by atoms with Crippen molar-refractivity contribution in [2.45, 2.75) is 19.7 Å². The second-order valence-electron chi connectivity index (χ2n) is 8.34. The molecular weight excluding hydrogens is 565 g/mol. The molecule has 0 unspecified atom stereocenters. The zero-order valence-electron chi connectivity index (χ0n) is 20.0. The van der Waals surface area contributed by atoms with E-state index in [-0.39, 0.29) is 35.9 Å². The SMILES string of the molecule is O=C(Cn1cc(F)c(-c2cc(NCc3ccc(Cl)s3)n(C(=O)c3ccc(CO)cc3)n2)cc1=O)c1cscn1. The van der Waals surface area contributed by atoms with Crippen LogP contribution in [0.1, 0.15) is 31.3 Å². The van der Waals surface area contributed by atoms with E-state index in [0.29, 0.717) is 22.0 Å². The number of benzene rings is 1. The second kappa shape index (κ2) is 11.4. The first-order chi connectivity index (χ1) is 18.8. The average molecular weight is 584 g/mol. The number of pyridine rings is 1. The minimum absolute atomic E-state index is 0.0506. The summed E-state index contributed by atoms with van der Waals surface area (Å²) in [6, 6.07) is 12.4. The van der Waals surface area contributed by atoms with Crippen LogP contribution in [0.4, 0.5) is 10.2 Å². The molecule has 0 saturated carbocycles. The van der Waals surface area contributed by atoms with Crippen molar-refractivity contribution in [2.75, 3.05) is 5.32 Å². The Labute approximate surface area is 233 Å². The molecule has 5 aromatic rings. The molecule has 0 aliphatic heterocycles. The molecule has 5 rings (SSSR count). The number of thiophene rings is 1. The van der Waals surface area contributed by atoms with Gasteiger partial charge in [-0.1, -0.05) is 23.7 Å². The van der Waals surface area contributed by atoms with Crippen molar-refractivity contribution in [3.05, 3.63) is 108 Å². The lowest BCUT2D eigenvalue weighted by Gasteiger charge is -2.08. The van der Waals surface area contributed by atoms with Crippen molar-refractivity contribution in [1.82, 2.24) is 19.3 Å². The number of nitrogens with one attached hydrogen (secondary N) is 1. The van der Waals surface area contributed by atoms with Gasteiger partial charge in [-0.05, 0) is 29.8 Å². The van der Waals surface area contributed by atoms with Gasteiger partial charge in [-0.15, -0.1) is 22.7 Å². The second-order valence-corrected chi connectivity index (χ2v) is 10.9. The third-order valence-corrected chi connectivity index (χ3v) is 7.56. The molecule has 4 heterocycles. The van der Waals surface area contributed by atoms with Gasteiger partial charge in [0.15, 0.2) is 0 Å². The molecule has 0 aliphatic rings. The summed E-state index contributed by atoms with van der Waals surface area (Å²) in [6.45, 7) is -0.217. The van der Waals surface area contributed by atoms with Gasteiger partial charge in [-0.3, -0.25) is 14.4 Å². The molecule has 0 radical (unpaired) electrons. The van der Waals surface area contributed by atoms with E-state index in [4.69, 9.17) is 11.6 Å². The van der Waals surface area contributed by atoms with E-state index >= 15 is 4.39 Å². The van der Waals surface area contributed by atoms with Crippen LogP contribution in [0.3, 0.4) is 0 Å². The van der Waals surface area contributed by atoms with E-state index < -0.39 is 23.1 Å².